The summed E-state index contributed by atoms with van der Waals surface area (Å²) >= 11 is 5.53. The first kappa shape index (κ1) is 20.0. The number of nitrogens with zero attached hydrogens (tertiary/aromatic N) is 1. The van der Waals surface area contributed by atoms with Gasteiger partial charge in [-0.2, -0.15) is 0 Å². The number of H-pyrrole nitrogens is 1. The molecule has 0 aliphatic heterocycles. The van der Waals surface area contributed by atoms with Gasteiger partial charge in [-0.1, -0.05) is 24.3 Å². The van der Waals surface area contributed by atoms with Gasteiger partial charge in [0.25, 0.3) is 5.56 Å². The second-order valence-corrected chi connectivity index (χ2v) is 7.43. The number of hydrogen-bond acceptors (Lipinski definition) is 3. The van der Waals surface area contributed by atoms with Crippen molar-refractivity contribution in [2.24, 2.45) is 0 Å². The quantitative estimate of drug-likeness (QED) is 0.576. The van der Waals surface area contributed by atoms with Crippen LogP contribution in [0.1, 0.15) is 22.3 Å². The topological polar surface area (TPSA) is 68.4 Å². The highest BCUT2D eigenvalue weighted by molar-refractivity contribution is 7.80. The number of rotatable bonds is 5. The van der Waals surface area contributed by atoms with E-state index in [4.69, 9.17) is 12.2 Å². The number of aryl methyl sites for hydroxylation is 3. The number of aromatic amines is 1. The number of fused-ring (bicyclic) bond motifs is 1. The number of aliphatic hydroxyl groups excluding tert-OH is 1. The highest BCUT2D eigenvalue weighted by atomic mass is 32.1. The van der Waals surface area contributed by atoms with Crippen LogP contribution in [0.25, 0.3) is 10.9 Å². The highest BCUT2D eigenvalue weighted by Gasteiger charge is 2.14. The van der Waals surface area contributed by atoms with E-state index in [9.17, 15) is 9.90 Å². The van der Waals surface area contributed by atoms with Crippen LogP contribution in [0.5, 0.6) is 0 Å². The molecule has 1 heterocycles. The molecule has 0 amide bonds. The van der Waals surface area contributed by atoms with Gasteiger partial charge >= 0.3 is 0 Å². The van der Waals surface area contributed by atoms with Crippen LogP contribution in [-0.4, -0.2) is 33.3 Å². The molecule has 3 N–H and O–H groups in total. The molecule has 0 saturated carbocycles. The summed E-state index contributed by atoms with van der Waals surface area (Å²) in [4.78, 5) is 17.5. The first-order chi connectivity index (χ1) is 13.4. The fraction of sp³-hybridized carbons (Fsp3) is 0.273. The summed E-state index contributed by atoms with van der Waals surface area (Å²) < 4.78 is 0. The van der Waals surface area contributed by atoms with Crippen molar-refractivity contribution in [2.45, 2.75) is 27.3 Å². The van der Waals surface area contributed by atoms with Crippen LogP contribution in [-0.2, 0) is 6.54 Å². The van der Waals surface area contributed by atoms with Crippen molar-refractivity contribution in [1.82, 2.24) is 9.88 Å². The van der Waals surface area contributed by atoms with Crippen LogP contribution >= 0.6 is 12.2 Å². The maximum atomic E-state index is 12.7. The SMILES string of the molecule is Cc1cccc(NC(=S)N(CCO)Cc2cc3ccc(C)c(C)c3[nH]c2=O)c1. The second-order valence-electron chi connectivity index (χ2n) is 7.04. The Balaban J connectivity index is 1.87. The largest absolute Gasteiger partial charge is 0.395 e. The molecule has 146 valence electrons. The Kier molecular flexibility index (Phi) is 6.11. The molecule has 1 aromatic heterocycles. The molecule has 0 aliphatic rings. The van der Waals surface area contributed by atoms with Crippen molar-refractivity contribution in [3.05, 3.63) is 75.1 Å². The zero-order valence-electron chi connectivity index (χ0n) is 16.4. The maximum Gasteiger partial charge on any atom is 0.253 e. The lowest BCUT2D eigenvalue weighted by molar-refractivity contribution is 0.248. The maximum absolute atomic E-state index is 12.7. The minimum absolute atomic E-state index is 0.0561. The second kappa shape index (κ2) is 8.54. The Morgan fingerprint density at radius 2 is 1.96 bits per heavy atom. The number of aromatic nitrogens is 1. The Morgan fingerprint density at radius 3 is 2.68 bits per heavy atom. The Morgan fingerprint density at radius 1 is 1.18 bits per heavy atom. The summed E-state index contributed by atoms with van der Waals surface area (Å²) in [6.45, 7) is 6.64. The third-order valence-corrected chi connectivity index (χ3v) is 5.28. The molecular weight excluding hydrogens is 370 g/mol. The molecule has 0 atom stereocenters. The number of pyridine rings is 1. The lowest BCUT2D eigenvalue weighted by atomic mass is 10.0. The molecule has 0 bridgehead atoms. The highest BCUT2D eigenvalue weighted by Crippen LogP contribution is 2.19. The molecular formula is C22H25N3O2S. The molecule has 3 aromatic rings. The number of nitrogens with one attached hydrogen (secondary N) is 2. The van der Waals surface area contributed by atoms with Gasteiger partial charge in [-0.05, 0) is 73.3 Å². The molecule has 0 aliphatic carbocycles. The van der Waals surface area contributed by atoms with Crippen molar-refractivity contribution in [3.63, 3.8) is 0 Å². The Hall–Kier alpha value is -2.70. The zero-order valence-corrected chi connectivity index (χ0v) is 17.2. The molecule has 0 radical (unpaired) electrons. The van der Waals surface area contributed by atoms with Gasteiger partial charge in [-0.25, -0.2) is 0 Å². The van der Waals surface area contributed by atoms with Crippen LogP contribution in [0.3, 0.4) is 0 Å². The van der Waals surface area contributed by atoms with Gasteiger partial charge in [-0.15, -0.1) is 0 Å². The molecule has 0 unspecified atom stereocenters. The first-order valence-electron chi connectivity index (χ1n) is 9.24. The number of anilines is 1. The number of hydrogen-bond donors (Lipinski definition) is 3. The Labute approximate surface area is 170 Å². The number of thiocarbonyl (C=S) groups is 1. The summed E-state index contributed by atoms with van der Waals surface area (Å²) in [7, 11) is 0. The average molecular weight is 396 g/mol. The van der Waals surface area contributed by atoms with Gasteiger partial charge < -0.3 is 20.3 Å². The van der Waals surface area contributed by atoms with Crippen molar-refractivity contribution in [1.29, 1.82) is 0 Å². The van der Waals surface area contributed by atoms with E-state index >= 15 is 0 Å². The predicted octanol–water partition coefficient (Wildman–Crippen LogP) is 3.64. The van der Waals surface area contributed by atoms with Gasteiger partial charge in [0.15, 0.2) is 5.11 Å². The van der Waals surface area contributed by atoms with E-state index in [1.807, 2.05) is 57.2 Å². The fourth-order valence-corrected chi connectivity index (χ4v) is 3.47. The minimum Gasteiger partial charge on any atom is -0.395 e. The van der Waals surface area contributed by atoms with Crippen molar-refractivity contribution in [3.8, 4) is 0 Å². The van der Waals surface area contributed by atoms with Crippen molar-refractivity contribution >= 4 is 33.9 Å². The summed E-state index contributed by atoms with van der Waals surface area (Å²) in [5, 5.41) is 14.1. The molecule has 2 aromatic carbocycles. The summed E-state index contributed by atoms with van der Waals surface area (Å²) in [6, 6.07) is 13.9. The molecule has 6 heteroatoms. The van der Waals surface area contributed by atoms with Gasteiger partial charge in [0.2, 0.25) is 0 Å². The molecule has 5 nitrogen and oxygen atoms in total. The fourth-order valence-electron chi connectivity index (χ4n) is 3.19. The van der Waals surface area contributed by atoms with Gasteiger partial charge in [-0.3, -0.25) is 4.79 Å². The predicted molar refractivity (Wildman–Crippen MR) is 119 cm³/mol. The third kappa shape index (κ3) is 4.40. The molecule has 0 fully saturated rings. The summed E-state index contributed by atoms with van der Waals surface area (Å²) in [5.41, 5.74) is 5.55. The minimum atomic E-state index is -0.137. The van der Waals surface area contributed by atoms with Gasteiger partial charge in [0.1, 0.15) is 0 Å². The van der Waals surface area contributed by atoms with E-state index in [2.05, 4.69) is 16.4 Å². The van der Waals surface area contributed by atoms with Gasteiger partial charge in [0.05, 0.1) is 18.7 Å². The first-order valence-corrected chi connectivity index (χ1v) is 9.65. The van der Waals surface area contributed by atoms with Crippen LogP contribution in [0.15, 0.2) is 47.3 Å². The van der Waals surface area contributed by atoms with Crippen LogP contribution in [0, 0.1) is 20.8 Å². The monoisotopic (exact) mass is 395 g/mol. The van der Waals surface area contributed by atoms with Crippen molar-refractivity contribution in [2.75, 3.05) is 18.5 Å². The van der Waals surface area contributed by atoms with E-state index in [1.165, 1.54) is 0 Å². The molecule has 0 saturated heterocycles. The smallest absolute Gasteiger partial charge is 0.253 e. The van der Waals surface area contributed by atoms with E-state index in [0.29, 0.717) is 23.8 Å². The number of benzene rings is 2. The zero-order chi connectivity index (χ0) is 20.3. The van der Waals surface area contributed by atoms with E-state index in [-0.39, 0.29) is 12.2 Å². The van der Waals surface area contributed by atoms with Crippen molar-refractivity contribution < 1.29 is 5.11 Å². The summed E-state index contributed by atoms with van der Waals surface area (Å²) in [5.74, 6) is 0. The molecule has 0 spiro atoms. The number of aliphatic hydroxyl groups is 1. The van der Waals surface area contributed by atoms with E-state index in [1.54, 1.807) is 4.90 Å². The lowest BCUT2D eigenvalue weighted by Gasteiger charge is -2.25. The Bertz CT molecular complexity index is 1080. The lowest BCUT2D eigenvalue weighted by Crippen LogP contribution is -2.37. The normalized spacial score (nSPS) is 10.9. The molecule has 28 heavy (non-hydrogen) atoms. The van der Waals surface area contributed by atoms with Crippen LogP contribution < -0.4 is 10.9 Å². The standard InChI is InChI=1S/C22H25N3O2S/c1-14-5-4-6-19(11-14)23-22(28)25(9-10-26)13-18-12-17-8-7-15(2)16(3)20(17)24-21(18)27/h4-8,11-12,26H,9-10,13H2,1-3H3,(H,23,28)(H,24,27). The average Bonchev–Trinajstić information content (AvgIpc) is 2.65. The van der Waals surface area contributed by atoms with Crippen LogP contribution in [0.4, 0.5) is 5.69 Å². The van der Waals surface area contributed by atoms with Crippen LogP contribution in [0.2, 0.25) is 0 Å². The van der Waals surface area contributed by atoms with E-state index < -0.39 is 0 Å². The summed E-state index contributed by atoms with van der Waals surface area (Å²) in [6.07, 6.45) is 0. The van der Waals surface area contributed by atoms with E-state index in [0.717, 1.165) is 33.3 Å². The van der Waals surface area contributed by atoms with Gasteiger partial charge in [0, 0.05) is 17.8 Å². The molecule has 3 rings (SSSR count). The third-order valence-electron chi connectivity index (χ3n) is 4.92.